The quantitative estimate of drug-likeness (QED) is 0.412. The van der Waals surface area contributed by atoms with Gasteiger partial charge in [-0.05, 0) is 37.2 Å². The second-order valence-electron chi connectivity index (χ2n) is 7.56. The molecule has 5 rings (SSSR count). The van der Waals surface area contributed by atoms with Gasteiger partial charge in [0, 0.05) is 30.5 Å². The van der Waals surface area contributed by atoms with Crippen molar-refractivity contribution in [3.63, 3.8) is 0 Å². The number of nitrogens with one attached hydrogen (secondary N) is 3. The zero-order valence-corrected chi connectivity index (χ0v) is 17.9. The van der Waals surface area contributed by atoms with Gasteiger partial charge in [0.25, 0.3) is 0 Å². The van der Waals surface area contributed by atoms with Crippen LogP contribution in [0, 0.1) is 11.3 Å². The summed E-state index contributed by atoms with van der Waals surface area (Å²) < 4.78 is 5.53. The lowest BCUT2D eigenvalue weighted by Gasteiger charge is -2.16. The van der Waals surface area contributed by atoms with Gasteiger partial charge in [-0.25, -0.2) is 19.9 Å². The Morgan fingerprint density at radius 2 is 1.97 bits per heavy atom. The maximum Gasteiger partial charge on any atom is 0.162 e. The van der Waals surface area contributed by atoms with Crippen LogP contribution in [-0.2, 0) is 0 Å². The molecule has 1 fully saturated rings. The molecule has 10 heteroatoms. The smallest absolute Gasteiger partial charge is 0.162 e. The van der Waals surface area contributed by atoms with Crippen LogP contribution in [0.2, 0.25) is 0 Å². The van der Waals surface area contributed by atoms with Gasteiger partial charge < -0.3 is 20.7 Å². The maximum absolute atomic E-state index is 9.11. The maximum atomic E-state index is 9.11. The van der Waals surface area contributed by atoms with Crippen molar-refractivity contribution in [2.75, 3.05) is 30.8 Å². The van der Waals surface area contributed by atoms with Gasteiger partial charge in [-0.2, -0.15) is 5.26 Å². The molecule has 1 atom stereocenters. The fourth-order valence-electron chi connectivity index (χ4n) is 3.75. The van der Waals surface area contributed by atoms with Gasteiger partial charge in [0.1, 0.15) is 23.2 Å². The average molecular weight is 439 g/mol. The molecule has 0 saturated carbocycles. The van der Waals surface area contributed by atoms with Gasteiger partial charge in [0.05, 0.1) is 42.0 Å². The van der Waals surface area contributed by atoms with Gasteiger partial charge in [0.2, 0.25) is 0 Å². The summed E-state index contributed by atoms with van der Waals surface area (Å²) in [7, 11) is 1.61. The summed E-state index contributed by atoms with van der Waals surface area (Å²) in [5.41, 5.74) is 1.98. The summed E-state index contributed by atoms with van der Waals surface area (Å²) in [6, 6.07) is 9.37. The van der Waals surface area contributed by atoms with E-state index in [2.05, 4.69) is 37.0 Å². The summed E-state index contributed by atoms with van der Waals surface area (Å²) in [6.07, 6.45) is 7.63. The van der Waals surface area contributed by atoms with Crippen LogP contribution in [0.3, 0.4) is 0 Å². The zero-order valence-electron chi connectivity index (χ0n) is 17.9. The van der Waals surface area contributed by atoms with E-state index in [0.717, 1.165) is 30.5 Å². The van der Waals surface area contributed by atoms with E-state index in [-0.39, 0.29) is 6.04 Å². The van der Waals surface area contributed by atoms with Gasteiger partial charge >= 0.3 is 0 Å². The van der Waals surface area contributed by atoms with Crippen LogP contribution in [0.4, 0.5) is 17.5 Å². The lowest BCUT2D eigenvalue weighted by atomic mass is 10.2. The number of methoxy groups -OCH3 is 1. The van der Waals surface area contributed by atoms with Gasteiger partial charge in [0.15, 0.2) is 5.82 Å². The lowest BCUT2D eigenvalue weighted by Crippen LogP contribution is -2.23. The molecule has 4 aromatic heterocycles. The van der Waals surface area contributed by atoms with E-state index >= 15 is 0 Å². The molecule has 1 aliphatic heterocycles. The highest BCUT2D eigenvalue weighted by Crippen LogP contribution is 2.32. The zero-order chi connectivity index (χ0) is 22.6. The van der Waals surface area contributed by atoms with E-state index < -0.39 is 0 Å². The van der Waals surface area contributed by atoms with Crippen molar-refractivity contribution < 1.29 is 4.74 Å². The van der Waals surface area contributed by atoms with E-state index in [9.17, 15) is 0 Å². The van der Waals surface area contributed by atoms with Crippen LogP contribution in [0.1, 0.15) is 12.0 Å². The van der Waals surface area contributed by atoms with Crippen molar-refractivity contribution in [2.24, 2.45) is 0 Å². The Hall–Kier alpha value is -4.36. The van der Waals surface area contributed by atoms with Crippen LogP contribution in [0.25, 0.3) is 22.3 Å². The van der Waals surface area contributed by atoms with E-state index in [1.165, 1.54) is 0 Å². The van der Waals surface area contributed by atoms with Crippen LogP contribution >= 0.6 is 0 Å². The first kappa shape index (κ1) is 20.5. The third kappa shape index (κ3) is 4.35. The predicted octanol–water partition coefficient (Wildman–Crippen LogP) is 2.88. The summed E-state index contributed by atoms with van der Waals surface area (Å²) in [5, 5.41) is 19.9. The largest absolute Gasteiger partial charge is 0.494 e. The minimum Gasteiger partial charge on any atom is -0.494 e. The second-order valence-corrected chi connectivity index (χ2v) is 7.56. The Morgan fingerprint density at radius 3 is 2.76 bits per heavy atom. The van der Waals surface area contributed by atoms with Crippen molar-refractivity contribution in [2.45, 2.75) is 12.5 Å². The molecule has 1 saturated heterocycles. The molecule has 1 aliphatic rings. The number of hydrogen-bond acceptors (Lipinski definition) is 10. The molecule has 0 bridgehead atoms. The minimum absolute atomic E-state index is 0.266. The van der Waals surface area contributed by atoms with Crippen LogP contribution < -0.4 is 20.7 Å². The normalized spacial score (nSPS) is 15.2. The molecule has 0 radical (unpaired) electrons. The number of rotatable bonds is 6. The summed E-state index contributed by atoms with van der Waals surface area (Å²) in [4.78, 5) is 22.5. The van der Waals surface area contributed by atoms with Gasteiger partial charge in [-0.15, -0.1) is 0 Å². The standard InChI is InChI=1S/C23H21N9O/c1-33-18-13-26-12-17-21(18)23(29-16-4-5-25-11-16)32-22(30-17)15-3-7-28-20(9-15)31-19-8-14(10-24)2-6-27-19/h2-3,6-9,12-13,16,25H,4-5,11H2,1H3,(H,27,28,31)(H,29,30,32). The number of fused-ring (bicyclic) bond motifs is 1. The monoisotopic (exact) mass is 439 g/mol. The lowest BCUT2D eigenvalue weighted by molar-refractivity contribution is 0.418. The summed E-state index contributed by atoms with van der Waals surface area (Å²) in [6.45, 7) is 1.83. The van der Waals surface area contributed by atoms with E-state index in [1.807, 2.05) is 12.1 Å². The minimum atomic E-state index is 0.266. The Kier molecular flexibility index (Phi) is 5.61. The number of pyridine rings is 3. The molecule has 33 heavy (non-hydrogen) atoms. The average Bonchev–Trinajstić information content (AvgIpc) is 3.37. The number of aromatic nitrogens is 5. The molecular weight excluding hydrogens is 418 g/mol. The Labute approximate surface area is 190 Å². The first-order valence-electron chi connectivity index (χ1n) is 10.5. The van der Waals surface area contributed by atoms with Crippen LogP contribution in [0.15, 0.2) is 49.1 Å². The van der Waals surface area contributed by atoms with E-state index in [0.29, 0.717) is 40.1 Å². The van der Waals surface area contributed by atoms with Crippen molar-refractivity contribution in [1.82, 2.24) is 30.2 Å². The third-order valence-corrected chi connectivity index (χ3v) is 5.36. The number of anilines is 3. The molecule has 1 unspecified atom stereocenters. The van der Waals surface area contributed by atoms with E-state index in [1.54, 1.807) is 44.0 Å². The van der Waals surface area contributed by atoms with Crippen LogP contribution in [0.5, 0.6) is 5.75 Å². The molecule has 4 aromatic rings. The second kappa shape index (κ2) is 9.02. The Balaban J connectivity index is 1.54. The van der Waals surface area contributed by atoms with Crippen molar-refractivity contribution in [3.05, 3.63) is 54.6 Å². The molecule has 10 nitrogen and oxygen atoms in total. The van der Waals surface area contributed by atoms with Gasteiger partial charge in [-0.1, -0.05) is 0 Å². The fourth-order valence-corrected chi connectivity index (χ4v) is 3.75. The van der Waals surface area contributed by atoms with Crippen molar-refractivity contribution in [1.29, 1.82) is 5.26 Å². The molecule has 0 spiro atoms. The Morgan fingerprint density at radius 1 is 1.12 bits per heavy atom. The third-order valence-electron chi connectivity index (χ3n) is 5.36. The molecule has 0 amide bonds. The number of nitrogens with zero attached hydrogens (tertiary/aromatic N) is 6. The van der Waals surface area contributed by atoms with E-state index in [4.69, 9.17) is 20.0 Å². The van der Waals surface area contributed by atoms with Crippen LogP contribution in [-0.4, -0.2) is 51.2 Å². The molecule has 5 heterocycles. The fraction of sp³-hybridized carbons (Fsp3) is 0.217. The topological polar surface area (TPSA) is 134 Å². The molecule has 3 N–H and O–H groups in total. The Bertz CT molecular complexity index is 1350. The SMILES string of the molecule is COc1cncc2nc(-c3ccnc(Nc4cc(C#N)ccn4)c3)nc(NC3CCNC3)c12. The van der Waals surface area contributed by atoms with Crippen molar-refractivity contribution >= 4 is 28.4 Å². The summed E-state index contributed by atoms with van der Waals surface area (Å²) in [5.74, 6) is 2.96. The first-order valence-corrected chi connectivity index (χ1v) is 10.5. The molecular formula is C23H21N9O. The molecule has 0 aliphatic carbocycles. The number of ether oxygens (including phenoxy) is 1. The summed E-state index contributed by atoms with van der Waals surface area (Å²) >= 11 is 0. The molecule has 164 valence electrons. The highest BCUT2D eigenvalue weighted by atomic mass is 16.5. The highest BCUT2D eigenvalue weighted by Gasteiger charge is 2.20. The van der Waals surface area contributed by atoms with Crippen molar-refractivity contribution in [3.8, 4) is 23.2 Å². The van der Waals surface area contributed by atoms with Gasteiger partial charge in [-0.3, -0.25) is 4.98 Å². The number of nitriles is 1. The highest BCUT2D eigenvalue weighted by molar-refractivity contribution is 5.95. The predicted molar refractivity (Wildman–Crippen MR) is 124 cm³/mol. The number of hydrogen-bond donors (Lipinski definition) is 3. The molecule has 0 aromatic carbocycles. The first-order chi connectivity index (χ1) is 16.2.